The topological polar surface area (TPSA) is 23.5 Å². The number of hydrogen-bond acceptors (Lipinski definition) is 2. The van der Waals surface area contributed by atoms with E-state index in [-0.39, 0.29) is 6.61 Å². The molecule has 3 rings (SSSR count). The fourth-order valence-electron chi connectivity index (χ4n) is 3.38. The van der Waals surface area contributed by atoms with Crippen LogP contribution in [0.5, 0.6) is 0 Å². The zero-order chi connectivity index (χ0) is 17.6. The van der Waals surface area contributed by atoms with Gasteiger partial charge in [-0.05, 0) is 47.2 Å². The summed E-state index contributed by atoms with van der Waals surface area (Å²) in [6.07, 6.45) is 0.775. The molecule has 3 aromatic carbocycles. The fraction of sp³-hybridized carbons (Fsp3) is 0.217. The number of aliphatic hydroxyl groups excluding tert-OH is 1. The minimum Gasteiger partial charge on any atom is -0.396 e. The molecule has 0 amide bonds. The average molecular weight is 331 g/mol. The fourth-order valence-corrected chi connectivity index (χ4v) is 3.38. The molecule has 25 heavy (non-hydrogen) atoms. The minimum atomic E-state index is 0.219. The predicted octanol–water partition coefficient (Wildman–Crippen LogP) is 5.15. The molecule has 0 aliphatic carbocycles. The molecule has 0 radical (unpaired) electrons. The molecule has 3 aromatic rings. The van der Waals surface area contributed by atoms with Crippen LogP contribution in [0, 0.1) is 6.92 Å². The first kappa shape index (κ1) is 17.2. The SMILES string of the molecule is Cc1c(N(C)CCCO)ccc(-c2ccccc2)c1-c1ccccc1. The molecule has 2 nitrogen and oxygen atoms in total. The highest BCUT2D eigenvalue weighted by atomic mass is 16.3. The van der Waals surface area contributed by atoms with E-state index in [9.17, 15) is 0 Å². The Kier molecular flexibility index (Phi) is 5.52. The van der Waals surface area contributed by atoms with Crippen molar-refractivity contribution in [1.82, 2.24) is 0 Å². The smallest absolute Gasteiger partial charge is 0.0447 e. The minimum absolute atomic E-state index is 0.219. The molecule has 2 heteroatoms. The lowest BCUT2D eigenvalue weighted by molar-refractivity contribution is 0.290. The summed E-state index contributed by atoms with van der Waals surface area (Å²) in [7, 11) is 2.09. The molecule has 0 aromatic heterocycles. The number of anilines is 1. The van der Waals surface area contributed by atoms with Crippen molar-refractivity contribution in [2.75, 3.05) is 25.1 Å². The van der Waals surface area contributed by atoms with Crippen LogP contribution in [0.25, 0.3) is 22.3 Å². The molecule has 0 saturated carbocycles. The summed E-state index contributed by atoms with van der Waals surface area (Å²) in [5.74, 6) is 0. The summed E-state index contributed by atoms with van der Waals surface area (Å²) in [5, 5.41) is 9.13. The van der Waals surface area contributed by atoms with Crippen LogP contribution in [0.1, 0.15) is 12.0 Å². The van der Waals surface area contributed by atoms with Gasteiger partial charge in [-0.1, -0.05) is 66.7 Å². The van der Waals surface area contributed by atoms with E-state index >= 15 is 0 Å². The summed E-state index contributed by atoms with van der Waals surface area (Å²) in [4.78, 5) is 2.23. The van der Waals surface area contributed by atoms with Crippen LogP contribution in [-0.2, 0) is 0 Å². The number of rotatable bonds is 6. The van der Waals surface area contributed by atoms with Crippen LogP contribution in [0.3, 0.4) is 0 Å². The van der Waals surface area contributed by atoms with Gasteiger partial charge >= 0.3 is 0 Å². The monoisotopic (exact) mass is 331 g/mol. The Balaban J connectivity index is 2.16. The van der Waals surface area contributed by atoms with Crippen molar-refractivity contribution in [3.63, 3.8) is 0 Å². The second kappa shape index (κ2) is 8.00. The first-order valence-electron chi connectivity index (χ1n) is 8.79. The summed E-state index contributed by atoms with van der Waals surface area (Å²) in [6, 6.07) is 25.5. The summed E-state index contributed by atoms with van der Waals surface area (Å²) in [6.45, 7) is 3.26. The highest BCUT2D eigenvalue weighted by Gasteiger charge is 2.15. The molecule has 0 atom stereocenters. The molecule has 0 saturated heterocycles. The Bertz CT molecular complexity index is 812. The van der Waals surface area contributed by atoms with Crippen LogP contribution in [0.15, 0.2) is 72.8 Å². The number of aliphatic hydroxyl groups is 1. The van der Waals surface area contributed by atoms with Crippen LogP contribution in [-0.4, -0.2) is 25.3 Å². The number of hydrogen-bond donors (Lipinski definition) is 1. The maximum Gasteiger partial charge on any atom is 0.0447 e. The van der Waals surface area contributed by atoms with E-state index in [0.29, 0.717) is 0 Å². The largest absolute Gasteiger partial charge is 0.396 e. The highest BCUT2D eigenvalue weighted by Crippen LogP contribution is 2.39. The Morgan fingerprint density at radius 3 is 2.00 bits per heavy atom. The van der Waals surface area contributed by atoms with E-state index in [0.717, 1.165) is 13.0 Å². The van der Waals surface area contributed by atoms with Gasteiger partial charge in [0.1, 0.15) is 0 Å². The summed E-state index contributed by atoms with van der Waals surface area (Å²) >= 11 is 0. The first-order valence-corrected chi connectivity index (χ1v) is 8.79. The van der Waals surface area contributed by atoms with Gasteiger partial charge in [-0.3, -0.25) is 0 Å². The van der Waals surface area contributed by atoms with E-state index in [2.05, 4.69) is 91.7 Å². The zero-order valence-corrected chi connectivity index (χ0v) is 14.9. The van der Waals surface area contributed by atoms with Gasteiger partial charge in [0.25, 0.3) is 0 Å². The van der Waals surface area contributed by atoms with Gasteiger partial charge in [0.2, 0.25) is 0 Å². The Morgan fingerprint density at radius 2 is 1.40 bits per heavy atom. The maximum atomic E-state index is 9.13. The first-order chi connectivity index (χ1) is 12.2. The van der Waals surface area contributed by atoms with Gasteiger partial charge in [-0.2, -0.15) is 0 Å². The zero-order valence-electron chi connectivity index (χ0n) is 14.9. The molecular weight excluding hydrogens is 306 g/mol. The third-order valence-electron chi connectivity index (χ3n) is 4.65. The normalized spacial score (nSPS) is 10.7. The second-order valence-corrected chi connectivity index (χ2v) is 6.36. The van der Waals surface area contributed by atoms with Gasteiger partial charge in [-0.25, -0.2) is 0 Å². The number of benzene rings is 3. The third kappa shape index (κ3) is 3.75. The van der Waals surface area contributed by atoms with Crippen LogP contribution in [0.2, 0.25) is 0 Å². The van der Waals surface area contributed by atoms with Crippen molar-refractivity contribution < 1.29 is 5.11 Å². The summed E-state index contributed by atoms with van der Waals surface area (Å²) < 4.78 is 0. The number of nitrogens with zero attached hydrogens (tertiary/aromatic N) is 1. The highest BCUT2D eigenvalue weighted by molar-refractivity contribution is 5.89. The van der Waals surface area contributed by atoms with Crippen LogP contribution in [0.4, 0.5) is 5.69 Å². The maximum absolute atomic E-state index is 9.13. The summed E-state index contributed by atoms with van der Waals surface area (Å²) in [5.41, 5.74) is 7.48. The van der Waals surface area contributed by atoms with Crippen molar-refractivity contribution in [2.24, 2.45) is 0 Å². The van der Waals surface area contributed by atoms with Crippen LogP contribution < -0.4 is 4.90 Å². The van der Waals surface area contributed by atoms with Crippen molar-refractivity contribution in [1.29, 1.82) is 0 Å². The molecule has 128 valence electrons. The van der Waals surface area contributed by atoms with Gasteiger partial charge in [-0.15, -0.1) is 0 Å². The molecule has 0 aliphatic rings. The van der Waals surface area contributed by atoms with E-state index in [4.69, 9.17) is 5.11 Å². The molecule has 0 heterocycles. The molecular formula is C23H25NO. The van der Waals surface area contributed by atoms with Crippen LogP contribution >= 0.6 is 0 Å². The standard InChI is InChI=1S/C23H25NO/c1-18-22(24(2)16-9-17-25)15-14-21(19-10-5-3-6-11-19)23(18)20-12-7-4-8-13-20/h3-8,10-15,25H,9,16-17H2,1-2H3. The van der Waals surface area contributed by atoms with E-state index < -0.39 is 0 Å². The van der Waals surface area contributed by atoms with E-state index in [1.165, 1.54) is 33.5 Å². The van der Waals surface area contributed by atoms with E-state index in [1.54, 1.807) is 0 Å². The van der Waals surface area contributed by atoms with Crippen molar-refractivity contribution in [2.45, 2.75) is 13.3 Å². The quantitative estimate of drug-likeness (QED) is 0.675. The lowest BCUT2D eigenvalue weighted by Crippen LogP contribution is -2.20. The van der Waals surface area contributed by atoms with Crippen molar-refractivity contribution >= 4 is 5.69 Å². The predicted molar refractivity (Wildman–Crippen MR) is 107 cm³/mol. The lowest BCUT2D eigenvalue weighted by Gasteiger charge is -2.25. The van der Waals surface area contributed by atoms with Gasteiger partial charge < -0.3 is 10.0 Å². The molecule has 0 spiro atoms. The average Bonchev–Trinajstić information content (AvgIpc) is 2.67. The Morgan fingerprint density at radius 1 is 0.800 bits per heavy atom. The molecule has 0 bridgehead atoms. The molecule has 0 aliphatic heterocycles. The Labute approximate surface area is 150 Å². The van der Waals surface area contributed by atoms with Crippen molar-refractivity contribution in [3.05, 3.63) is 78.4 Å². The van der Waals surface area contributed by atoms with Gasteiger partial charge in [0, 0.05) is 25.9 Å². The molecule has 0 fully saturated rings. The third-order valence-corrected chi connectivity index (χ3v) is 4.65. The Hall–Kier alpha value is -2.58. The van der Waals surface area contributed by atoms with Crippen molar-refractivity contribution in [3.8, 4) is 22.3 Å². The lowest BCUT2D eigenvalue weighted by atomic mass is 9.90. The van der Waals surface area contributed by atoms with Gasteiger partial charge in [0.05, 0.1) is 0 Å². The molecule has 0 unspecified atom stereocenters. The van der Waals surface area contributed by atoms with Gasteiger partial charge in [0.15, 0.2) is 0 Å². The molecule has 1 N–H and O–H groups in total. The van der Waals surface area contributed by atoms with E-state index in [1.807, 2.05) is 0 Å². The second-order valence-electron chi connectivity index (χ2n) is 6.36.